The van der Waals surface area contributed by atoms with Crippen molar-refractivity contribution in [2.45, 2.75) is 0 Å². The highest BCUT2D eigenvalue weighted by molar-refractivity contribution is 7.80. The lowest BCUT2D eigenvalue weighted by molar-refractivity contribution is 0.100. The van der Waals surface area contributed by atoms with Gasteiger partial charge in [0.15, 0.2) is 0 Å². The van der Waals surface area contributed by atoms with Crippen LogP contribution >= 0.6 is 23.8 Å². The topological polar surface area (TPSA) is 81.1 Å². The van der Waals surface area contributed by atoms with Crippen molar-refractivity contribution in [2.75, 3.05) is 5.32 Å². The summed E-state index contributed by atoms with van der Waals surface area (Å²) in [7, 11) is 0. The lowest BCUT2D eigenvalue weighted by atomic mass is 10.1. The molecule has 0 aliphatic carbocycles. The first-order valence-corrected chi connectivity index (χ1v) is 6.53. The maximum atomic E-state index is 11.2. The summed E-state index contributed by atoms with van der Waals surface area (Å²) in [6.45, 7) is 0. The largest absolute Gasteiger partial charge is 0.389 e. The molecule has 0 aliphatic heterocycles. The Hall–Kier alpha value is -2.11. The van der Waals surface area contributed by atoms with Gasteiger partial charge in [-0.25, -0.2) is 0 Å². The second-order valence-corrected chi connectivity index (χ2v) is 4.94. The molecule has 0 aliphatic rings. The molecule has 0 unspecified atom stereocenters. The standard InChI is InChI=1S/C14H12ClN3OS/c15-10-5-2-6-11(12(10)14(17)20)18-9-4-1-3-8(7-9)13(16)19/h1-7,18H,(H2,16,19)(H2,17,20). The Morgan fingerprint density at radius 2 is 1.85 bits per heavy atom. The van der Waals surface area contributed by atoms with E-state index in [0.29, 0.717) is 27.5 Å². The van der Waals surface area contributed by atoms with Gasteiger partial charge in [-0.2, -0.15) is 0 Å². The van der Waals surface area contributed by atoms with Crippen LogP contribution in [0.5, 0.6) is 0 Å². The predicted molar refractivity (Wildman–Crippen MR) is 85.6 cm³/mol. The molecular weight excluding hydrogens is 294 g/mol. The maximum absolute atomic E-state index is 11.2. The van der Waals surface area contributed by atoms with Crippen LogP contribution in [0, 0.1) is 0 Å². The predicted octanol–water partition coefficient (Wildman–Crippen LogP) is 2.82. The molecule has 4 nitrogen and oxygen atoms in total. The monoisotopic (exact) mass is 305 g/mol. The number of nitrogens with one attached hydrogen (secondary N) is 1. The Morgan fingerprint density at radius 1 is 1.15 bits per heavy atom. The summed E-state index contributed by atoms with van der Waals surface area (Å²) in [6.07, 6.45) is 0. The van der Waals surface area contributed by atoms with Gasteiger partial charge in [-0.15, -0.1) is 0 Å². The molecule has 2 aromatic rings. The molecular formula is C14H12ClN3OS. The minimum absolute atomic E-state index is 0.198. The minimum atomic E-state index is -0.491. The van der Waals surface area contributed by atoms with Gasteiger partial charge in [-0.1, -0.05) is 36.0 Å². The van der Waals surface area contributed by atoms with Crippen molar-refractivity contribution in [1.82, 2.24) is 0 Å². The van der Waals surface area contributed by atoms with Gasteiger partial charge >= 0.3 is 0 Å². The number of thiocarbonyl (C=S) groups is 1. The average molecular weight is 306 g/mol. The number of nitrogens with two attached hydrogens (primary N) is 2. The number of hydrogen-bond donors (Lipinski definition) is 3. The molecule has 0 fully saturated rings. The van der Waals surface area contributed by atoms with Crippen molar-refractivity contribution in [2.24, 2.45) is 11.5 Å². The molecule has 0 heterocycles. The summed E-state index contributed by atoms with van der Waals surface area (Å²) in [5.74, 6) is -0.491. The lowest BCUT2D eigenvalue weighted by Gasteiger charge is -2.13. The summed E-state index contributed by atoms with van der Waals surface area (Å²) in [5.41, 5.74) is 13.3. The fourth-order valence-corrected chi connectivity index (χ4v) is 2.34. The number of halogens is 1. The smallest absolute Gasteiger partial charge is 0.248 e. The molecule has 20 heavy (non-hydrogen) atoms. The number of anilines is 2. The van der Waals surface area contributed by atoms with Gasteiger partial charge in [0.05, 0.1) is 16.3 Å². The number of rotatable bonds is 4. The highest BCUT2D eigenvalue weighted by Gasteiger charge is 2.10. The van der Waals surface area contributed by atoms with Gasteiger partial charge in [0, 0.05) is 11.3 Å². The number of amides is 1. The Balaban J connectivity index is 2.40. The molecule has 0 saturated heterocycles. The van der Waals surface area contributed by atoms with Crippen LogP contribution in [0.1, 0.15) is 15.9 Å². The van der Waals surface area contributed by atoms with E-state index < -0.39 is 5.91 Å². The Morgan fingerprint density at radius 3 is 2.50 bits per heavy atom. The first kappa shape index (κ1) is 14.3. The van der Waals surface area contributed by atoms with E-state index in [1.54, 1.807) is 42.5 Å². The van der Waals surface area contributed by atoms with Crippen LogP contribution in [0.2, 0.25) is 5.02 Å². The van der Waals surface area contributed by atoms with Crippen LogP contribution in [-0.2, 0) is 0 Å². The van der Waals surface area contributed by atoms with E-state index in [1.165, 1.54) is 0 Å². The minimum Gasteiger partial charge on any atom is -0.389 e. The maximum Gasteiger partial charge on any atom is 0.248 e. The summed E-state index contributed by atoms with van der Waals surface area (Å²) in [5, 5.41) is 3.60. The number of carbonyl (C=O) groups is 1. The van der Waals surface area contributed by atoms with E-state index in [0.717, 1.165) is 0 Å². The summed E-state index contributed by atoms with van der Waals surface area (Å²) < 4.78 is 0. The van der Waals surface area contributed by atoms with Gasteiger partial charge in [0.25, 0.3) is 0 Å². The third-order valence-corrected chi connectivity index (χ3v) is 3.21. The van der Waals surface area contributed by atoms with Crippen molar-refractivity contribution in [3.63, 3.8) is 0 Å². The molecule has 5 N–H and O–H groups in total. The van der Waals surface area contributed by atoms with Crippen LogP contribution < -0.4 is 16.8 Å². The molecule has 0 saturated carbocycles. The summed E-state index contributed by atoms with van der Waals surface area (Å²) >= 11 is 11.1. The van der Waals surface area contributed by atoms with Crippen molar-refractivity contribution in [1.29, 1.82) is 0 Å². The summed E-state index contributed by atoms with van der Waals surface area (Å²) in [4.78, 5) is 11.4. The zero-order valence-electron chi connectivity index (χ0n) is 10.4. The highest BCUT2D eigenvalue weighted by atomic mass is 35.5. The second-order valence-electron chi connectivity index (χ2n) is 4.10. The number of hydrogen-bond acceptors (Lipinski definition) is 3. The first-order valence-electron chi connectivity index (χ1n) is 5.74. The normalized spacial score (nSPS) is 10.1. The van der Waals surface area contributed by atoms with Crippen LogP contribution in [0.4, 0.5) is 11.4 Å². The van der Waals surface area contributed by atoms with Gasteiger partial charge < -0.3 is 16.8 Å². The molecule has 0 aromatic heterocycles. The van der Waals surface area contributed by atoms with Gasteiger partial charge in [0.2, 0.25) is 5.91 Å². The number of carbonyl (C=O) groups excluding carboxylic acids is 1. The Bertz CT molecular complexity index is 688. The Labute approximate surface area is 126 Å². The molecule has 2 aromatic carbocycles. The van der Waals surface area contributed by atoms with Crippen molar-refractivity contribution >= 4 is 46.1 Å². The third kappa shape index (κ3) is 3.07. The molecule has 0 radical (unpaired) electrons. The SMILES string of the molecule is NC(=O)c1cccc(Nc2cccc(Cl)c2C(N)=S)c1. The van der Waals surface area contributed by atoms with E-state index in [9.17, 15) is 4.79 Å². The van der Waals surface area contributed by atoms with Gasteiger partial charge in [-0.3, -0.25) is 4.79 Å². The molecule has 0 atom stereocenters. The molecule has 0 spiro atoms. The van der Waals surface area contributed by atoms with E-state index in [1.807, 2.05) is 0 Å². The van der Waals surface area contributed by atoms with Crippen LogP contribution in [0.15, 0.2) is 42.5 Å². The second kappa shape index (κ2) is 5.90. The molecule has 0 bridgehead atoms. The number of primary amides is 1. The first-order chi connectivity index (χ1) is 9.49. The molecule has 102 valence electrons. The molecule has 6 heteroatoms. The van der Waals surface area contributed by atoms with Crippen LogP contribution in [0.25, 0.3) is 0 Å². The van der Waals surface area contributed by atoms with E-state index >= 15 is 0 Å². The zero-order valence-corrected chi connectivity index (χ0v) is 12.0. The Kier molecular flexibility index (Phi) is 4.22. The van der Waals surface area contributed by atoms with Crippen LogP contribution in [-0.4, -0.2) is 10.9 Å². The fourth-order valence-electron chi connectivity index (χ4n) is 1.78. The summed E-state index contributed by atoms with van der Waals surface area (Å²) in [6, 6.07) is 12.1. The van der Waals surface area contributed by atoms with E-state index in [2.05, 4.69) is 5.32 Å². The van der Waals surface area contributed by atoms with Gasteiger partial charge in [-0.05, 0) is 30.3 Å². The van der Waals surface area contributed by atoms with Crippen LogP contribution in [0.3, 0.4) is 0 Å². The fraction of sp³-hybridized carbons (Fsp3) is 0. The quantitative estimate of drug-likeness (QED) is 0.759. The van der Waals surface area contributed by atoms with E-state index in [4.69, 9.17) is 35.3 Å². The van der Waals surface area contributed by atoms with Crippen molar-refractivity contribution in [3.05, 3.63) is 58.6 Å². The zero-order chi connectivity index (χ0) is 14.7. The average Bonchev–Trinajstić information content (AvgIpc) is 2.38. The van der Waals surface area contributed by atoms with E-state index in [-0.39, 0.29) is 4.99 Å². The van der Waals surface area contributed by atoms with Gasteiger partial charge in [0.1, 0.15) is 4.99 Å². The molecule has 2 rings (SSSR count). The van der Waals surface area contributed by atoms with Crippen molar-refractivity contribution in [3.8, 4) is 0 Å². The number of benzene rings is 2. The molecule has 1 amide bonds. The lowest BCUT2D eigenvalue weighted by Crippen LogP contribution is -2.13. The highest BCUT2D eigenvalue weighted by Crippen LogP contribution is 2.27. The third-order valence-electron chi connectivity index (χ3n) is 2.69. The van der Waals surface area contributed by atoms with Crippen molar-refractivity contribution < 1.29 is 4.79 Å².